The van der Waals surface area contributed by atoms with Crippen molar-refractivity contribution in [3.05, 3.63) is 47.6 Å². The van der Waals surface area contributed by atoms with E-state index in [1.807, 2.05) is 51.2 Å². The number of ketones is 3. The lowest BCUT2D eigenvalue weighted by Crippen LogP contribution is -2.61. The van der Waals surface area contributed by atoms with Crippen LogP contribution in [-0.4, -0.2) is 127 Å². The van der Waals surface area contributed by atoms with Crippen LogP contribution in [0.2, 0.25) is 0 Å². The number of nitrogens with zero attached hydrogens (tertiary/aromatic N) is 1. The highest BCUT2D eigenvalue weighted by molar-refractivity contribution is 6.39. The first kappa shape index (κ1) is 55.7. The molecule has 0 aromatic carbocycles. The summed E-state index contributed by atoms with van der Waals surface area (Å²) in [6.07, 6.45) is 14.9. The van der Waals surface area contributed by atoms with Gasteiger partial charge in [-0.3, -0.25) is 19.2 Å². The molecule has 14 heteroatoms. The van der Waals surface area contributed by atoms with Crippen molar-refractivity contribution in [1.29, 1.82) is 0 Å². The standard InChI is InChI=1S/C51H79NO13/c1-32(24-36(5)44(56)31-61-8)16-12-11-13-17-34(3)45(62-9)28-40-21-19-38(7)51(60,65-40)48(57)49(58)52-23-15-14-18-41(52)50(59)64-46(29-43(55)35(4)25-33(2)30-53)37(6)26-39-20-22-42(54)47(27-39)63-10/h11-13,16-17,25,30,32-33,36-42,45-47,54,60H,14-15,18-24,26-29,31H2,1-10H3/t32-,33?,36+,37-,38-,39+,40+,41+,42-,45+,46+,47-,51-/m1/s1. The van der Waals surface area contributed by atoms with E-state index in [9.17, 15) is 39.0 Å². The summed E-state index contributed by atoms with van der Waals surface area (Å²) in [5.41, 5.74) is 1.26. The number of aliphatic hydroxyl groups is 2. The molecular weight excluding hydrogens is 835 g/mol. The number of allylic oxidation sites excluding steroid dienone is 7. The number of hydrogen-bond donors (Lipinski definition) is 2. The number of methoxy groups -OCH3 is 3. The SMILES string of the molecule is COCC(=O)[C@@H](C)C[C@H](C)C=CC=CC=C(C)[C@H](C[C@@H]1CC[C@@H](C)[C@](O)(C(=O)C(=O)N2CCCC[C@H]2C(=O)O[C@@H](CC(=O)C(C)=CC(C)C=O)[C@H](C)C[C@@H]2CC[C@@H](O)[C@H](OC)C2)O1)OC. The Morgan fingerprint density at radius 1 is 0.923 bits per heavy atom. The number of likely N-dealkylation sites (tertiary alicyclic amines) is 1. The Morgan fingerprint density at radius 2 is 1.65 bits per heavy atom. The van der Waals surface area contributed by atoms with E-state index >= 15 is 0 Å². The number of hydrogen-bond acceptors (Lipinski definition) is 13. The molecule has 0 spiro atoms. The average molecular weight is 914 g/mol. The van der Waals surface area contributed by atoms with Crippen molar-refractivity contribution < 1.29 is 62.7 Å². The molecule has 14 nitrogen and oxygen atoms in total. The third-order valence-electron chi connectivity index (χ3n) is 13.7. The van der Waals surface area contributed by atoms with Gasteiger partial charge in [-0.25, -0.2) is 4.79 Å². The zero-order chi connectivity index (χ0) is 48.4. The molecule has 1 saturated carbocycles. The molecule has 2 aliphatic heterocycles. The third kappa shape index (κ3) is 16.6. The molecule has 3 fully saturated rings. The number of esters is 1. The van der Waals surface area contributed by atoms with Crippen LogP contribution in [0.25, 0.3) is 0 Å². The van der Waals surface area contributed by atoms with E-state index < -0.39 is 65.7 Å². The molecule has 3 rings (SSSR count). The maximum Gasteiger partial charge on any atom is 0.329 e. The van der Waals surface area contributed by atoms with Crippen LogP contribution in [-0.2, 0) is 52.5 Å². The molecule has 2 saturated heterocycles. The molecule has 2 heterocycles. The van der Waals surface area contributed by atoms with Gasteiger partial charge in [0, 0.05) is 58.5 Å². The van der Waals surface area contributed by atoms with Crippen molar-refractivity contribution in [3.8, 4) is 0 Å². The number of Topliss-reactive ketones (excluding diaryl/α,β-unsaturated/α-hetero) is 3. The quantitative estimate of drug-likeness (QED) is 0.0326. The van der Waals surface area contributed by atoms with Gasteiger partial charge in [0.2, 0.25) is 5.79 Å². The number of amides is 1. The molecule has 1 unspecified atom stereocenters. The molecule has 0 bridgehead atoms. The Bertz CT molecular complexity index is 1720. The summed E-state index contributed by atoms with van der Waals surface area (Å²) in [5, 5.41) is 22.3. The lowest BCUT2D eigenvalue weighted by atomic mass is 9.78. The number of piperidine rings is 1. The molecule has 65 heavy (non-hydrogen) atoms. The molecule has 366 valence electrons. The summed E-state index contributed by atoms with van der Waals surface area (Å²) in [6, 6.07) is -1.12. The molecule has 0 aromatic rings. The maximum atomic E-state index is 14.2. The van der Waals surface area contributed by atoms with Gasteiger partial charge in [0.25, 0.3) is 11.7 Å². The van der Waals surface area contributed by atoms with Crippen molar-refractivity contribution in [1.82, 2.24) is 4.90 Å². The van der Waals surface area contributed by atoms with Crippen LogP contribution in [0.5, 0.6) is 0 Å². The lowest BCUT2D eigenvalue weighted by molar-refractivity contribution is -0.265. The Labute approximate surface area is 387 Å². The number of carbonyl (C=O) groups excluding carboxylic acids is 6. The van der Waals surface area contributed by atoms with E-state index in [1.165, 1.54) is 12.0 Å². The van der Waals surface area contributed by atoms with E-state index in [4.69, 9.17) is 23.7 Å². The van der Waals surface area contributed by atoms with E-state index in [-0.39, 0.29) is 67.3 Å². The predicted molar refractivity (Wildman–Crippen MR) is 246 cm³/mol. The largest absolute Gasteiger partial charge is 0.460 e. The number of aliphatic hydroxyl groups excluding tert-OH is 1. The lowest BCUT2D eigenvalue weighted by Gasteiger charge is -2.42. The summed E-state index contributed by atoms with van der Waals surface area (Å²) in [7, 11) is 4.66. The second-order valence-electron chi connectivity index (χ2n) is 19.1. The van der Waals surface area contributed by atoms with Crippen molar-refractivity contribution in [2.24, 2.45) is 35.5 Å². The number of aldehydes is 1. The van der Waals surface area contributed by atoms with E-state index in [0.29, 0.717) is 56.9 Å². The van der Waals surface area contributed by atoms with Crippen molar-refractivity contribution in [2.75, 3.05) is 34.5 Å². The van der Waals surface area contributed by atoms with E-state index in [0.717, 1.165) is 24.7 Å². The summed E-state index contributed by atoms with van der Waals surface area (Å²) in [4.78, 5) is 80.6. The van der Waals surface area contributed by atoms with Crippen molar-refractivity contribution in [2.45, 2.75) is 168 Å². The minimum Gasteiger partial charge on any atom is -0.460 e. The fourth-order valence-electron chi connectivity index (χ4n) is 9.40. The Morgan fingerprint density at radius 3 is 2.31 bits per heavy atom. The first-order chi connectivity index (χ1) is 30.8. The normalized spacial score (nSPS) is 28.6. The topological polar surface area (TPSA) is 192 Å². The first-order valence-corrected chi connectivity index (χ1v) is 23.7. The van der Waals surface area contributed by atoms with Crippen LogP contribution in [0, 0.1) is 35.5 Å². The van der Waals surface area contributed by atoms with Crippen LogP contribution >= 0.6 is 0 Å². The molecule has 0 aromatic heterocycles. The summed E-state index contributed by atoms with van der Waals surface area (Å²) >= 11 is 0. The average Bonchev–Trinajstić information content (AvgIpc) is 3.28. The van der Waals surface area contributed by atoms with E-state index in [1.54, 1.807) is 41.1 Å². The number of carbonyl (C=O) groups is 6. The Kier molecular flexibility index (Phi) is 23.3. The molecule has 13 atom stereocenters. The second kappa shape index (κ2) is 27.2. The van der Waals surface area contributed by atoms with Crippen molar-refractivity contribution >= 4 is 35.5 Å². The molecular formula is C51H79NO13. The van der Waals surface area contributed by atoms with Gasteiger partial charge in [0.05, 0.1) is 24.4 Å². The van der Waals surface area contributed by atoms with Crippen molar-refractivity contribution in [3.63, 3.8) is 0 Å². The van der Waals surface area contributed by atoms with Crippen LogP contribution in [0.1, 0.15) is 126 Å². The van der Waals surface area contributed by atoms with Crippen LogP contribution in [0.15, 0.2) is 47.6 Å². The van der Waals surface area contributed by atoms with Crippen LogP contribution in [0.4, 0.5) is 0 Å². The monoisotopic (exact) mass is 914 g/mol. The summed E-state index contributed by atoms with van der Waals surface area (Å²) in [6.45, 7) is 13.0. The predicted octanol–water partition coefficient (Wildman–Crippen LogP) is 6.64. The molecule has 1 aliphatic carbocycles. The van der Waals surface area contributed by atoms with Gasteiger partial charge in [0.15, 0.2) is 11.6 Å². The zero-order valence-corrected chi connectivity index (χ0v) is 40.7. The fraction of sp³-hybridized carbons (Fsp3) is 0.725. The van der Waals surface area contributed by atoms with Gasteiger partial charge < -0.3 is 43.6 Å². The van der Waals surface area contributed by atoms with Gasteiger partial charge in [-0.2, -0.15) is 0 Å². The highest BCUT2D eigenvalue weighted by Crippen LogP contribution is 2.37. The Hall–Kier alpha value is -3.66. The first-order valence-electron chi connectivity index (χ1n) is 23.7. The molecule has 3 aliphatic rings. The third-order valence-corrected chi connectivity index (χ3v) is 13.7. The minimum atomic E-state index is -2.44. The minimum absolute atomic E-state index is 0.0795. The second-order valence-corrected chi connectivity index (χ2v) is 19.1. The molecule has 0 radical (unpaired) electrons. The van der Waals surface area contributed by atoms with Gasteiger partial charge in [0.1, 0.15) is 25.0 Å². The van der Waals surface area contributed by atoms with Gasteiger partial charge >= 0.3 is 5.97 Å². The van der Waals surface area contributed by atoms with Gasteiger partial charge in [-0.1, -0.05) is 71.1 Å². The summed E-state index contributed by atoms with van der Waals surface area (Å²) < 4.78 is 28.6. The zero-order valence-electron chi connectivity index (χ0n) is 40.7. The van der Waals surface area contributed by atoms with Gasteiger partial charge in [-0.15, -0.1) is 0 Å². The van der Waals surface area contributed by atoms with Crippen LogP contribution < -0.4 is 0 Å². The fourth-order valence-corrected chi connectivity index (χ4v) is 9.40. The Balaban J connectivity index is 1.73. The highest BCUT2D eigenvalue weighted by Gasteiger charge is 2.53. The molecule has 1 amide bonds. The number of ether oxygens (including phenoxy) is 5. The van der Waals surface area contributed by atoms with Crippen LogP contribution in [0.3, 0.4) is 0 Å². The molecule has 2 N–H and O–H groups in total. The maximum absolute atomic E-state index is 14.2. The highest BCUT2D eigenvalue weighted by atomic mass is 16.6. The smallest absolute Gasteiger partial charge is 0.329 e. The van der Waals surface area contributed by atoms with Gasteiger partial charge in [-0.05, 0) is 107 Å². The van der Waals surface area contributed by atoms with E-state index in [2.05, 4.69) is 6.92 Å². The number of rotatable bonds is 25. The summed E-state index contributed by atoms with van der Waals surface area (Å²) in [5.74, 6) is -6.78.